The summed E-state index contributed by atoms with van der Waals surface area (Å²) in [5.41, 5.74) is 2.14. The van der Waals surface area contributed by atoms with Crippen molar-refractivity contribution in [2.75, 3.05) is 11.9 Å². The summed E-state index contributed by atoms with van der Waals surface area (Å²) in [6.45, 7) is 2.85. The SMILES string of the molecule is CCNc1ncc(-c2ccc(Br)cc2)cn1. The van der Waals surface area contributed by atoms with Crippen molar-refractivity contribution in [3.8, 4) is 11.1 Å². The van der Waals surface area contributed by atoms with Gasteiger partial charge >= 0.3 is 0 Å². The summed E-state index contributed by atoms with van der Waals surface area (Å²) in [5, 5.41) is 3.07. The third-order valence-electron chi connectivity index (χ3n) is 2.16. The summed E-state index contributed by atoms with van der Waals surface area (Å²) in [4.78, 5) is 8.47. The molecule has 0 radical (unpaired) electrons. The van der Waals surface area contributed by atoms with Gasteiger partial charge in [0.2, 0.25) is 5.95 Å². The number of halogens is 1. The number of anilines is 1. The van der Waals surface area contributed by atoms with E-state index in [1.165, 1.54) is 0 Å². The van der Waals surface area contributed by atoms with Crippen molar-refractivity contribution in [3.05, 3.63) is 41.1 Å². The molecular weight excluding hydrogens is 266 g/mol. The number of nitrogens with one attached hydrogen (secondary N) is 1. The minimum Gasteiger partial charge on any atom is -0.355 e. The largest absolute Gasteiger partial charge is 0.355 e. The molecule has 0 spiro atoms. The Labute approximate surface area is 103 Å². The molecule has 0 aliphatic heterocycles. The molecule has 1 aromatic heterocycles. The number of aromatic nitrogens is 2. The van der Waals surface area contributed by atoms with Crippen LogP contribution in [0.15, 0.2) is 41.1 Å². The fourth-order valence-corrected chi connectivity index (χ4v) is 1.63. The number of hydrogen-bond donors (Lipinski definition) is 1. The molecule has 16 heavy (non-hydrogen) atoms. The maximum absolute atomic E-state index is 4.23. The molecule has 2 aromatic rings. The van der Waals surface area contributed by atoms with Crippen LogP contribution in [0.5, 0.6) is 0 Å². The van der Waals surface area contributed by atoms with Crippen LogP contribution >= 0.6 is 15.9 Å². The Kier molecular flexibility index (Phi) is 3.51. The maximum atomic E-state index is 4.23. The molecule has 3 nitrogen and oxygen atoms in total. The maximum Gasteiger partial charge on any atom is 0.222 e. The highest BCUT2D eigenvalue weighted by Gasteiger charge is 1.99. The lowest BCUT2D eigenvalue weighted by molar-refractivity contribution is 1.09. The zero-order valence-electron chi connectivity index (χ0n) is 8.94. The summed E-state index contributed by atoms with van der Waals surface area (Å²) in [6.07, 6.45) is 3.66. The molecule has 0 saturated carbocycles. The van der Waals surface area contributed by atoms with Crippen molar-refractivity contribution in [2.45, 2.75) is 6.92 Å². The Morgan fingerprint density at radius 2 is 1.69 bits per heavy atom. The molecule has 0 atom stereocenters. The summed E-state index contributed by atoms with van der Waals surface area (Å²) in [5.74, 6) is 0.670. The van der Waals surface area contributed by atoms with E-state index < -0.39 is 0 Å². The Morgan fingerprint density at radius 1 is 1.06 bits per heavy atom. The molecule has 0 aliphatic rings. The van der Waals surface area contributed by atoms with Crippen LogP contribution in [0.1, 0.15) is 6.92 Å². The minimum absolute atomic E-state index is 0.670. The van der Waals surface area contributed by atoms with Gasteiger partial charge in [0.25, 0.3) is 0 Å². The summed E-state index contributed by atoms with van der Waals surface area (Å²) in [7, 11) is 0. The first-order valence-electron chi connectivity index (χ1n) is 5.11. The third kappa shape index (κ3) is 2.58. The van der Waals surface area contributed by atoms with Crippen molar-refractivity contribution in [2.24, 2.45) is 0 Å². The highest BCUT2D eigenvalue weighted by atomic mass is 79.9. The molecule has 0 saturated heterocycles. The van der Waals surface area contributed by atoms with E-state index in [0.29, 0.717) is 5.95 Å². The van der Waals surface area contributed by atoms with Gasteiger partial charge in [-0.15, -0.1) is 0 Å². The van der Waals surface area contributed by atoms with E-state index in [1.807, 2.05) is 43.6 Å². The van der Waals surface area contributed by atoms with Crippen LogP contribution in [-0.4, -0.2) is 16.5 Å². The molecule has 1 aromatic carbocycles. The summed E-state index contributed by atoms with van der Waals surface area (Å²) < 4.78 is 1.07. The van der Waals surface area contributed by atoms with E-state index in [0.717, 1.165) is 22.1 Å². The van der Waals surface area contributed by atoms with E-state index >= 15 is 0 Å². The second-order valence-electron chi connectivity index (χ2n) is 3.33. The molecule has 4 heteroatoms. The van der Waals surface area contributed by atoms with E-state index in [4.69, 9.17) is 0 Å². The molecule has 0 fully saturated rings. The van der Waals surface area contributed by atoms with Gasteiger partial charge in [0.15, 0.2) is 0 Å². The Hall–Kier alpha value is -1.42. The van der Waals surface area contributed by atoms with Gasteiger partial charge in [-0.3, -0.25) is 0 Å². The van der Waals surface area contributed by atoms with Crippen molar-refractivity contribution < 1.29 is 0 Å². The van der Waals surface area contributed by atoms with Crippen molar-refractivity contribution in [1.29, 1.82) is 0 Å². The number of nitrogens with zero attached hydrogens (tertiary/aromatic N) is 2. The van der Waals surface area contributed by atoms with Crippen LogP contribution in [0, 0.1) is 0 Å². The van der Waals surface area contributed by atoms with Gasteiger partial charge in [0.05, 0.1) is 0 Å². The van der Waals surface area contributed by atoms with Gasteiger partial charge in [-0.25, -0.2) is 9.97 Å². The lowest BCUT2D eigenvalue weighted by Gasteiger charge is -2.03. The van der Waals surface area contributed by atoms with E-state index in [1.54, 1.807) is 0 Å². The molecule has 1 N–H and O–H groups in total. The first-order valence-corrected chi connectivity index (χ1v) is 5.90. The van der Waals surface area contributed by atoms with Crippen molar-refractivity contribution in [1.82, 2.24) is 9.97 Å². The van der Waals surface area contributed by atoms with Crippen LogP contribution in [0.3, 0.4) is 0 Å². The van der Waals surface area contributed by atoms with E-state index in [9.17, 15) is 0 Å². The molecule has 0 amide bonds. The number of benzene rings is 1. The van der Waals surface area contributed by atoms with Crippen molar-refractivity contribution in [3.63, 3.8) is 0 Å². The molecular formula is C12H12BrN3. The normalized spacial score (nSPS) is 10.1. The fraction of sp³-hybridized carbons (Fsp3) is 0.167. The summed E-state index contributed by atoms with van der Waals surface area (Å²) >= 11 is 3.41. The minimum atomic E-state index is 0.670. The second-order valence-corrected chi connectivity index (χ2v) is 4.25. The molecule has 82 valence electrons. The van der Waals surface area contributed by atoms with E-state index in [-0.39, 0.29) is 0 Å². The van der Waals surface area contributed by atoms with Crippen LogP contribution in [0.2, 0.25) is 0 Å². The fourth-order valence-electron chi connectivity index (χ4n) is 1.37. The lowest BCUT2D eigenvalue weighted by atomic mass is 10.1. The first-order chi connectivity index (χ1) is 7.79. The molecule has 0 bridgehead atoms. The monoisotopic (exact) mass is 277 g/mol. The molecule has 2 rings (SSSR count). The van der Waals surface area contributed by atoms with Crippen molar-refractivity contribution >= 4 is 21.9 Å². The average molecular weight is 278 g/mol. The number of rotatable bonds is 3. The Balaban J connectivity index is 2.24. The smallest absolute Gasteiger partial charge is 0.222 e. The summed E-state index contributed by atoms with van der Waals surface area (Å²) in [6, 6.07) is 8.09. The van der Waals surface area contributed by atoms with Gasteiger partial charge in [-0.05, 0) is 24.6 Å². The van der Waals surface area contributed by atoms with Gasteiger partial charge in [0, 0.05) is 29.0 Å². The standard InChI is InChI=1S/C12H12BrN3/c1-2-14-12-15-7-10(8-16-12)9-3-5-11(13)6-4-9/h3-8H,2H2,1H3,(H,14,15,16). The highest BCUT2D eigenvalue weighted by Crippen LogP contribution is 2.20. The Morgan fingerprint density at radius 3 is 2.25 bits per heavy atom. The average Bonchev–Trinajstić information content (AvgIpc) is 2.32. The molecule has 1 heterocycles. The van der Waals surface area contributed by atoms with Gasteiger partial charge in [-0.1, -0.05) is 28.1 Å². The van der Waals surface area contributed by atoms with Gasteiger partial charge in [0.1, 0.15) is 0 Å². The third-order valence-corrected chi connectivity index (χ3v) is 2.69. The van der Waals surface area contributed by atoms with Gasteiger partial charge in [-0.2, -0.15) is 0 Å². The van der Waals surface area contributed by atoms with E-state index in [2.05, 4.69) is 31.2 Å². The Bertz CT molecular complexity index is 451. The van der Waals surface area contributed by atoms with Gasteiger partial charge < -0.3 is 5.32 Å². The quantitative estimate of drug-likeness (QED) is 0.935. The highest BCUT2D eigenvalue weighted by molar-refractivity contribution is 9.10. The number of hydrogen-bond acceptors (Lipinski definition) is 3. The lowest BCUT2D eigenvalue weighted by Crippen LogP contribution is -2.01. The van der Waals surface area contributed by atoms with Crippen LogP contribution in [-0.2, 0) is 0 Å². The van der Waals surface area contributed by atoms with Crippen LogP contribution < -0.4 is 5.32 Å². The predicted octanol–water partition coefficient (Wildman–Crippen LogP) is 3.34. The van der Waals surface area contributed by atoms with Crippen LogP contribution in [0.4, 0.5) is 5.95 Å². The zero-order valence-corrected chi connectivity index (χ0v) is 10.5. The predicted molar refractivity (Wildman–Crippen MR) is 69.3 cm³/mol. The molecule has 0 unspecified atom stereocenters. The topological polar surface area (TPSA) is 37.8 Å². The molecule has 0 aliphatic carbocycles. The van der Waals surface area contributed by atoms with Crippen LogP contribution in [0.25, 0.3) is 11.1 Å². The second kappa shape index (κ2) is 5.07. The zero-order chi connectivity index (χ0) is 11.4. The first kappa shape index (κ1) is 11.1.